The number of hydrogen-bond acceptors (Lipinski definition) is 5. The van der Waals surface area contributed by atoms with Crippen molar-refractivity contribution in [3.8, 4) is 11.5 Å². The van der Waals surface area contributed by atoms with E-state index in [1.807, 2.05) is 32.0 Å². The van der Waals surface area contributed by atoms with Crippen LogP contribution in [0.3, 0.4) is 0 Å². The topological polar surface area (TPSA) is 87.6 Å². The van der Waals surface area contributed by atoms with Gasteiger partial charge in [-0.1, -0.05) is 55.4 Å². The SMILES string of the molecule is CC(C)COc1ccc(N)cc1C(C)C.CC(C)COc1ccc([N+](=O)[O-])cc1C(C)C. The van der Waals surface area contributed by atoms with Crippen LogP contribution in [-0.2, 0) is 0 Å². The van der Waals surface area contributed by atoms with Gasteiger partial charge in [0.15, 0.2) is 0 Å². The molecule has 0 heterocycles. The molecule has 178 valence electrons. The summed E-state index contributed by atoms with van der Waals surface area (Å²) in [6.07, 6.45) is 0. The van der Waals surface area contributed by atoms with Gasteiger partial charge in [-0.15, -0.1) is 0 Å². The molecule has 0 amide bonds. The Labute approximate surface area is 193 Å². The first-order valence-electron chi connectivity index (χ1n) is 11.4. The predicted octanol–water partition coefficient (Wildman–Crippen LogP) is 7.18. The maximum atomic E-state index is 10.7. The molecule has 2 aromatic carbocycles. The lowest BCUT2D eigenvalue weighted by atomic mass is 10.0. The number of anilines is 1. The van der Waals surface area contributed by atoms with Crippen LogP contribution in [-0.4, -0.2) is 18.1 Å². The molecule has 6 heteroatoms. The predicted molar refractivity (Wildman–Crippen MR) is 133 cm³/mol. The van der Waals surface area contributed by atoms with Gasteiger partial charge in [-0.2, -0.15) is 0 Å². The van der Waals surface area contributed by atoms with E-state index in [0.29, 0.717) is 24.4 Å². The van der Waals surface area contributed by atoms with Gasteiger partial charge in [-0.05, 0) is 53.5 Å². The monoisotopic (exact) mass is 444 g/mol. The maximum Gasteiger partial charge on any atom is 0.269 e. The molecule has 32 heavy (non-hydrogen) atoms. The fraction of sp³-hybridized carbons (Fsp3) is 0.538. The van der Waals surface area contributed by atoms with E-state index in [1.165, 1.54) is 11.6 Å². The van der Waals surface area contributed by atoms with Crippen molar-refractivity contribution in [2.24, 2.45) is 11.8 Å². The molecule has 0 atom stereocenters. The van der Waals surface area contributed by atoms with E-state index >= 15 is 0 Å². The van der Waals surface area contributed by atoms with Crippen LogP contribution in [0.1, 0.15) is 78.4 Å². The van der Waals surface area contributed by atoms with Crippen molar-refractivity contribution in [3.05, 3.63) is 57.6 Å². The Morgan fingerprint density at radius 3 is 1.62 bits per heavy atom. The Hall–Kier alpha value is -2.76. The Balaban J connectivity index is 0.000000323. The van der Waals surface area contributed by atoms with Gasteiger partial charge in [0, 0.05) is 23.4 Å². The fourth-order valence-electron chi connectivity index (χ4n) is 2.89. The van der Waals surface area contributed by atoms with E-state index in [1.54, 1.807) is 12.1 Å². The highest BCUT2D eigenvalue weighted by Gasteiger charge is 2.14. The summed E-state index contributed by atoms with van der Waals surface area (Å²) in [5, 5.41) is 10.7. The van der Waals surface area contributed by atoms with Crippen molar-refractivity contribution >= 4 is 11.4 Å². The van der Waals surface area contributed by atoms with Gasteiger partial charge in [-0.3, -0.25) is 10.1 Å². The molecule has 0 radical (unpaired) electrons. The van der Waals surface area contributed by atoms with Gasteiger partial charge in [0.25, 0.3) is 5.69 Å². The molecule has 0 aliphatic carbocycles. The minimum Gasteiger partial charge on any atom is -0.493 e. The Morgan fingerprint density at radius 1 is 0.781 bits per heavy atom. The highest BCUT2D eigenvalue weighted by molar-refractivity contribution is 5.49. The first-order valence-corrected chi connectivity index (χ1v) is 11.4. The molecule has 0 aliphatic heterocycles. The molecule has 2 N–H and O–H groups in total. The zero-order valence-electron chi connectivity index (χ0n) is 20.8. The van der Waals surface area contributed by atoms with E-state index in [0.717, 1.165) is 29.4 Å². The summed E-state index contributed by atoms with van der Waals surface area (Å²) in [6.45, 7) is 18.1. The smallest absolute Gasteiger partial charge is 0.269 e. The Morgan fingerprint density at radius 2 is 1.22 bits per heavy atom. The largest absolute Gasteiger partial charge is 0.493 e. The number of nitrogens with two attached hydrogens (primary N) is 1. The summed E-state index contributed by atoms with van der Waals surface area (Å²) in [5.41, 5.74) is 8.76. The maximum absolute atomic E-state index is 10.7. The molecule has 0 aromatic heterocycles. The van der Waals surface area contributed by atoms with E-state index in [4.69, 9.17) is 15.2 Å². The molecule has 0 fully saturated rings. The average Bonchev–Trinajstić information content (AvgIpc) is 2.71. The van der Waals surface area contributed by atoms with Gasteiger partial charge in [0.05, 0.1) is 18.1 Å². The summed E-state index contributed by atoms with van der Waals surface area (Å²) in [6, 6.07) is 10.6. The minimum absolute atomic E-state index is 0.116. The second-order valence-electron chi connectivity index (χ2n) is 9.50. The molecule has 0 unspecified atom stereocenters. The fourth-order valence-corrected chi connectivity index (χ4v) is 2.89. The molecular formula is C26H40N2O4. The van der Waals surface area contributed by atoms with Crippen molar-refractivity contribution in [2.45, 2.75) is 67.2 Å². The Bertz CT molecular complexity index is 861. The third-order valence-electron chi connectivity index (χ3n) is 4.63. The molecular weight excluding hydrogens is 404 g/mol. The molecule has 0 aliphatic rings. The van der Waals surface area contributed by atoms with Gasteiger partial charge in [-0.25, -0.2) is 0 Å². The number of rotatable bonds is 9. The second kappa shape index (κ2) is 12.9. The van der Waals surface area contributed by atoms with Crippen LogP contribution in [0.5, 0.6) is 11.5 Å². The summed E-state index contributed by atoms with van der Waals surface area (Å²) in [5.74, 6) is 3.34. The second-order valence-corrected chi connectivity index (χ2v) is 9.50. The third-order valence-corrected chi connectivity index (χ3v) is 4.63. The molecule has 0 spiro atoms. The highest BCUT2D eigenvalue weighted by atomic mass is 16.6. The lowest BCUT2D eigenvalue weighted by Crippen LogP contribution is -2.07. The number of nitrogen functional groups attached to an aromatic ring is 1. The number of hydrogen-bond donors (Lipinski definition) is 1. The van der Waals surface area contributed by atoms with Crippen molar-refractivity contribution in [1.82, 2.24) is 0 Å². The lowest BCUT2D eigenvalue weighted by Gasteiger charge is -2.15. The number of ether oxygens (including phenoxy) is 2. The summed E-state index contributed by atoms with van der Waals surface area (Å²) < 4.78 is 11.4. The minimum atomic E-state index is -0.377. The first-order chi connectivity index (χ1) is 14.9. The molecule has 2 rings (SSSR count). The van der Waals surface area contributed by atoms with Crippen LogP contribution in [0.4, 0.5) is 11.4 Å². The van der Waals surface area contributed by atoms with Crippen LogP contribution in [0.25, 0.3) is 0 Å². The van der Waals surface area contributed by atoms with Crippen LogP contribution < -0.4 is 15.2 Å². The van der Waals surface area contributed by atoms with Gasteiger partial charge in [0.1, 0.15) is 11.5 Å². The normalized spacial score (nSPS) is 11.0. The number of benzene rings is 2. The summed E-state index contributed by atoms with van der Waals surface area (Å²) >= 11 is 0. The van der Waals surface area contributed by atoms with Crippen molar-refractivity contribution in [1.29, 1.82) is 0 Å². The third kappa shape index (κ3) is 9.16. The van der Waals surface area contributed by atoms with Crippen LogP contribution in [0.2, 0.25) is 0 Å². The lowest BCUT2D eigenvalue weighted by molar-refractivity contribution is -0.385. The van der Waals surface area contributed by atoms with Crippen LogP contribution in [0, 0.1) is 22.0 Å². The summed E-state index contributed by atoms with van der Waals surface area (Å²) in [7, 11) is 0. The van der Waals surface area contributed by atoms with Crippen LogP contribution in [0.15, 0.2) is 36.4 Å². The van der Waals surface area contributed by atoms with Crippen LogP contribution >= 0.6 is 0 Å². The standard InChI is InChI=1S/C13H19NO3.C13H21NO/c1-9(2)8-17-13-6-5-11(14(15)16)7-12(13)10(3)4;1-9(2)8-15-13-6-5-11(14)7-12(13)10(3)4/h5-7,9-10H,8H2,1-4H3;5-7,9-10H,8,14H2,1-4H3. The number of nitro benzene ring substituents is 1. The first kappa shape index (κ1) is 27.3. The van der Waals surface area contributed by atoms with Crippen molar-refractivity contribution in [3.63, 3.8) is 0 Å². The van der Waals surface area contributed by atoms with E-state index in [2.05, 4.69) is 41.5 Å². The van der Waals surface area contributed by atoms with Gasteiger partial charge in [0.2, 0.25) is 0 Å². The molecule has 0 saturated carbocycles. The zero-order valence-corrected chi connectivity index (χ0v) is 20.8. The van der Waals surface area contributed by atoms with Crippen molar-refractivity contribution in [2.75, 3.05) is 18.9 Å². The van der Waals surface area contributed by atoms with E-state index in [-0.39, 0.29) is 16.5 Å². The van der Waals surface area contributed by atoms with E-state index in [9.17, 15) is 10.1 Å². The average molecular weight is 445 g/mol. The summed E-state index contributed by atoms with van der Waals surface area (Å²) in [4.78, 5) is 10.3. The van der Waals surface area contributed by atoms with Gasteiger partial charge >= 0.3 is 0 Å². The molecule has 0 bridgehead atoms. The van der Waals surface area contributed by atoms with E-state index < -0.39 is 0 Å². The van der Waals surface area contributed by atoms with Crippen molar-refractivity contribution < 1.29 is 14.4 Å². The number of non-ortho nitro benzene ring substituents is 1. The molecule has 6 nitrogen and oxygen atoms in total. The molecule has 2 aromatic rings. The van der Waals surface area contributed by atoms with Gasteiger partial charge < -0.3 is 15.2 Å². The molecule has 0 saturated heterocycles. The number of nitro groups is 1. The number of nitrogens with zero attached hydrogens (tertiary/aromatic N) is 1. The quantitative estimate of drug-likeness (QED) is 0.251. The zero-order chi connectivity index (χ0) is 24.4. The highest BCUT2D eigenvalue weighted by Crippen LogP contribution is 2.31. The Kier molecular flexibility index (Phi) is 11.0.